The predicted molar refractivity (Wildman–Crippen MR) is 103 cm³/mol. The molecular weight excluding hydrogens is 326 g/mol. The van der Waals surface area contributed by atoms with E-state index in [1.54, 1.807) is 12.1 Å². The topological polar surface area (TPSA) is 63.8 Å². The Kier molecular flexibility index (Phi) is 3.06. The molecule has 0 saturated carbocycles. The van der Waals surface area contributed by atoms with Gasteiger partial charge in [-0.05, 0) is 31.5 Å². The van der Waals surface area contributed by atoms with E-state index in [-0.39, 0.29) is 11.5 Å². The van der Waals surface area contributed by atoms with Gasteiger partial charge in [-0.2, -0.15) is 0 Å². The fourth-order valence-corrected chi connectivity index (χ4v) is 3.54. The summed E-state index contributed by atoms with van der Waals surface area (Å²) in [5.41, 5.74) is 4.92. The zero-order valence-electron chi connectivity index (χ0n) is 14.5. The van der Waals surface area contributed by atoms with Crippen LogP contribution in [0.3, 0.4) is 0 Å². The van der Waals surface area contributed by atoms with Crippen molar-refractivity contribution in [3.05, 3.63) is 65.0 Å². The summed E-state index contributed by atoms with van der Waals surface area (Å²) >= 11 is 0. The number of hydrogen-bond donors (Lipinski definition) is 1. The number of pyridine rings is 1. The number of aromatic nitrogens is 3. The summed E-state index contributed by atoms with van der Waals surface area (Å²) in [6, 6.07) is 15.3. The zero-order chi connectivity index (χ0) is 17.8. The van der Waals surface area contributed by atoms with Crippen molar-refractivity contribution in [3.8, 4) is 11.1 Å². The summed E-state index contributed by atoms with van der Waals surface area (Å²) in [6.07, 6.45) is 1.97. The van der Waals surface area contributed by atoms with Crippen LogP contribution in [0.5, 0.6) is 0 Å². The molecule has 0 unspecified atom stereocenters. The summed E-state index contributed by atoms with van der Waals surface area (Å²) < 4.78 is 8.15. The highest BCUT2D eigenvalue weighted by molar-refractivity contribution is 6.14. The molecule has 0 bridgehead atoms. The molecule has 0 spiro atoms. The third kappa shape index (κ3) is 2.03. The summed E-state index contributed by atoms with van der Waals surface area (Å²) in [5, 5.41) is 5.16. The largest absolute Gasteiger partial charge is 0.454 e. The van der Waals surface area contributed by atoms with Crippen molar-refractivity contribution in [3.63, 3.8) is 0 Å². The quantitative estimate of drug-likeness (QED) is 0.497. The Morgan fingerprint density at radius 2 is 1.88 bits per heavy atom. The second-order valence-corrected chi connectivity index (χ2v) is 6.77. The molecule has 0 atom stereocenters. The minimum atomic E-state index is -0.0672. The highest BCUT2D eigenvalue weighted by atomic mass is 16.3. The molecule has 5 rings (SSSR count). The standard InChI is InChI=1S/C21H17N3O2/c1-12(2)24-21-16(11-22-24)18(13-6-4-3-5-7-13)20-19(23-21)15-9-8-14(25)10-17(15)26-20/h3-12,22H,1-2H3. The first-order valence-electron chi connectivity index (χ1n) is 8.65. The second-order valence-electron chi connectivity index (χ2n) is 6.77. The van der Waals surface area contributed by atoms with Crippen LogP contribution >= 0.6 is 0 Å². The minimum absolute atomic E-state index is 0.0672. The van der Waals surface area contributed by atoms with Crippen LogP contribution in [0.2, 0.25) is 0 Å². The van der Waals surface area contributed by atoms with Crippen molar-refractivity contribution in [2.45, 2.75) is 19.9 Å². The van der Waals surface area contributed by atoms with E-state index in [2.05, 4.69) is 31.1 Å². The highest BCUT2D eigenvalue weighted by Crippen LogP contribution is 2.39. The van der Waals surface area contributed by atoms with Gasteiger partial charge in [0.2, 0.25) is 0 Å². The molecule has 0 amide bonds. The zero-order valence-corrected chi connectivity index (χ0v) is 14.5. The van der Waals surface area contributed by atoms with Crippen LogP contribution < -0.4 is 5.43 Å². The molecule has 5 aromatic rings. The molecule has 3 heterocycles. The summed E-state index contributed by atoms with van der Waals surface area (Å²) in [5.74, 6) is 0. The van der Waals surface area contributed by atoms with Gasteiger partial charge in [0.1, 0.15) is 11.1 Å². The number of furan rings is 1. The molecule has 2 aromatic carbocycles. The van der Waals surface area contributed by atoms with Crippen molar-refractivity contribution in [2.75, 3.05) is 0 Å². The van der Waals surface area contributed by atoms with E-state index in [0.29, 0.717) is 11.2 Å². The van der Waals surface area contributed by atoms with Crippen molar-refractivity contribution in [1.29, 1.82) is 0 Å². The average Bonchev–Trinajstić information content (AvgIpc) is 3.21. The fourth-order valence-electron chi connectivity index (χ4n) is 3.54. The lowest BCUT2D eigenvalue weighted by Gasteiger charge is -2.09. The first kappa shape index (κ1) is 15.0. The van der Waals surface area contributed by atoms with Crippen LogP contribution in [-0.2, 0) is 0 Å². The van der Waals surface area contributed by atoms with Gasteiger partial charge in [-0.1, -0.05) is 30.3 Å². The van der Waals surface area contributed by atoms with Gasteiger partial charge in [0.25, 0.3) is 0 Å². The Hall–Kier alpha value is -3.34. The summed E-state index contributed by atoms with van der Waals surface area (Å²) in [6.45, 7) is 4.22. The van der Waals surface area contributed by atoms with Crippen LogP contribution in [0.15, 0.2) is 63.9 Å². The molecule has 0 aliphatic rings. The first-order valence-corrected chi connectivity index (χ1v) is 8.65. The Morgan fingerprint density at radius 1 is 1.08 bits per heavy atom. The smallest absolute Gasteiger partial charge is 0.182 e. The number of rotatable bonds is 2. The van der Waals surface area contributed by atoms with Gasteiger partial charge in [-0.25, -0.2) is 4.98 Å². The maximum absolute atomic E-state index is 11.8. The lowest BCUT2D eigenvalue weighted by molar-refractivity contribution is 0.547. The number of H-pyrrole nitrogens is 1. The Bertz CT molecular complexity index is 1320. The molecular formula is C21H17N3O2. The third-order valence-corrected chi connectivity index (χ3v) is 4.75. The van der Waals surface area contributed by atoms with E-state index >= 15 is 0 Å². The highest BCUT2D eigenvalue weighted by Gasteiger charge is 2.20. The monoisotopic (exact) mass is 343 g/mol. The average molecular weight is 343 g/mol. The van der Waals surface area contributed by atoms with Crippen LogP contribution in [0.1, 0.15) is 19.9 Å². The van der Waals surface area contributed by atoms with E-state index in [0.717, 1.165) is 33.1 Å². The van der Waals surface area contributed by atoms with Gasteiger partial charge in [-0.3, -0.25) is 9.48 Å². The van der Waals surface area contributed by atoms with Gasteiger partial charge in [0.15, 0.2) is 16.7 Å². The number of hydrogen-bond acceptors (Lipinski definition) is 3. The van der Waals surface area contributed by atoms with Crippen molar-refractivity contribution in [2.24, 2.45) is 0 Å². The Morgan fingerprint density at radius 3 is 2.65 bits per heavy atom. The maximum Gasteiger partial charge on any atom is 0.182 e. The van der Waals surface area contributed by atoms with E-state index < -0.39 is 0 Å². The molecule has 26 heavy (non-hydrogen) atoms. The summed E-state index contributed by atoms with van der Waals surface area (Å²) in [4.78, 5) is 16.7. The molecule has 3 aromatic heterocycles. The lowest BCUT2D eigenvalue weighted by atomic mass is 10.0. The van der Waals surface area contributed by atoms with E-state index in [1.165, 1.54) is 6.07 Å². The van der Waals surface area contributed by atoms with Crippen molar-refractivity contribution >= 4 is 33.1 Å². The number of nitrogens with one attached hydrogen (secondary N) is 1. The molecule has 1 N–H and O–H groups in total. The number of fused-ring (bicyclic) bond motifs is 4. The molecule has 0 aliphatic carbocycles. The molecule has 0 aliphatic heterocycles. The van der Waals surface area contributed by atoms with Gasteiger partial charge in [0.05, 0.1) is 0 Å². The molecule has 0 saturated heterocycles. The van der Waals surface area contributed by atoms with Gasteiger partial charge in [-0.15, -0.1) is 0 Å². The fraction of sp³-hybridized carbons (Fsp3) is 0.143. The normalized spacial score (nSPS) is 12.0. The first-order chi connectivity index (χ1) is 12.6. The molecule has 128 valence electrons. The van der Waals surface area contributed by atoms with E-state index in [4.69, 9.17) is 9.40 Å². The number of aromatic amines is 1. The van der Waals surface area contributed by atoms with Crippen molar-refractivity contribution < 1.29 is 4.42 Å². The SMILES string of the molecule is CC(C)n1[nH]cc2c(-c3ccccc3)c3oc4cc(=O)ccc4c3nc21. The molecule has 0 fully saturated rings. The Balaban J connectivity index is 2.03. The van der Waals surface area contributed by atoms with Crippen LogP contribution in [-0.4, -0.2) is 14.8 Å². The molecule has 5 heteroatoms. The lowest BCUT2D eigenvalue weighted by Crippen LogP contribution is -2.03. The van der Waals surface area contributed by atoms with Crippen LogP contribution in [0, 0.1) is 0 Å². The molecule has 0 radical (unpaired) electrons. The minimum Gasteiger partial charge on any atom is -0.454 e. The Labute approximate surface area is 148 Å². The van der Waals surface area contributed by atoms with Crippen LogP contribution in [0.4, 0.5) is 0 Å². The second kappa shape index (κ2) is 5.33. The van der Waals surface area contributed by atoms with E-state index in [9.17, 15) is 4.79 Å². The summed E-state index contributed by atoms with van der Waals surface area (Å²) in [7, 11) is 0. The van der Waals surface area contributed by atoms with Crippen molar-refractivity contribution in [1.82, 2.24) is 14.8 Å². The van der Waals surface area contributed by atoms with Gasteiger partial charge < -0.3 is 9.52 Å². The van der Waals surface area contributed by atoms with Gasteiger partial charge in [0, 0.05) is 34.6 Å². The maximum atomic E-state index is 11.8. The number of nitrogens with zero attached hydrogens (tertiary/aromatic N) is 2. The van der Waals surface area contributed by atoms with E-state index in [1.807, 2.05) is 29.1 Å². The van der Waals surface area contributed by atoms with Gasteiger partial charge >= 0.3 is 0 Å². The predicted octanol–water partition coefficient (Wildman–Crippen LogP) is 4.87. The third-order valence-electron chi connectivity index (χ3n) is 4.75. The molecule has 5 nitrogen and oxygen atoms in total. The van der Waals surface area contributed by atoms with Crippen LogP contribution in [0.25, 0.3) is 44.2 Å². The number of benzene rings is 2.